The molecule has 0 radical (unpaired) electrons. The van der Waals surface area contributed by atoms with Crippen molar-refractivity contribution in [3.05, 3.63) is 12.0 Å². The van der Waals surface area contributed by atoms with Gasteiger partial charge in [0, 0.05) is 6.54 Å². The molecule has 4 nitrogen and oxygen atoms in total. The average Bonchev–Trinajstić information content (AvgIpc) is 2.49. The van der Waals surface area contributed by atoms with E-state index in [9.17, 15) is 13.2 Å². The number of halogens is 3. The van der Waals surface area contributed by atoms with Crippen molar-refractivity contribution >= 4 is 0 Å². The van der Waals surface area contributed by atoms with Crippen molar-refractivity contribution in [2.75, 3.05) is 13.7 Å². The fourth-order valence-electron chi connectivity index (χ4n) is 0.761. The standard InChI is InChI=1S/C7H9F3N2O2/c1-11-2-5-3-13-6(12-5)14-4-7(8,9)10/h3,11H,2,4H2,1H3. The first-order chi connectivity index (χ1) is 6.51. The average molecular weight is 210 g/mol. The third kappa shape index (κ3) is 3.65. The first kappa shape index (κ1) is 10.8. The molecule has 0 bridgehead atoms. The summed E-state index contributed by atoms with van der Waals surface area (Å²) in [5.74, 6) is 0. The van der Waals surface area contributed by atoms with Crippen molar-refractivity contribution in [1.82, 2.24) is 10.3 Å². The predicted molar refractivity (Wildman–Crippen MR) is 40.8 cm³/mol. The van der Waals surface area contributed by atoms with E-state index in [0.29, 0.717) is 12.2 Å². The Kier molecular flexibility index (Phi) is 3.34. The van der Waals surface area contributed by atoms with Crippen LogP contribution in [0, 0.1) is 0 Å². The number of aromatic nitrogens is 1. The van der Waals surface area contributed by atoms with Gasteiger partial charge in [0.25, 0.3) is 0 Å². The largest absolute Gasteiger partial charge is 0.441 e. The molecule has 1 heterocycles. The molecule has 0 aliphatic carbocycles. The smallest absolute Gasteiger partial charge is 0.422 e. The van der Waals surface area contributed by atoms with Crippen molar-refractivity contribution in [2.24, 2.45) is 0 Å². The van der Waals surface area contributed by atoms with Gasteiger partial charge in [-0.15, -0.1) is 0 Å². The molecule has 0 amide bonds. The fourth-order valence-corrected chi connectivity index (χ4v) is 0.761. The molecule has 0 aliphatic heterocycles. The Morgan fingerprint density at radius 2 is 2.29 bits per heavy atom. The third-order valence-electron chi connectivity index (χ3n) is 1.25. The quantitative estimate of drug-likeness (QED) is 0.814. The van der Waals surface area contributed by atoms with Crippen LogP contribution in [0.5, 0.6) is 6.08 Å². The summed E-state index contributed by atoms with van der Waals surface area (Å²) in [5.41, 5.74) is 0.490. The van der Waals surface area contributed by atoms with Gasteiger partial charge in [-0.05, 0) is 7.05 Å². The molecule has 7 heteroatoms. The van der Waals surface area contributed by atoms with E-state index in [-0.39, 0.29) is 6.08 Å². The van der Waals surface area contributed by atoms with Crippen molar-refractivity contribution < 1.29 is 22.3 Å². The second-order valence-corrected chi connectivity index (χ2v) is 2.54. The van der Waals surface area contributed by atoms with Gasteiger partial charge in [-0.3, -0.25) is 0 Å². The van der Waals surface area contributed by atoms with Crippen LogP contribution in [0.2, 0.25) is 0 Å². The van der Waals surface area contributed by atoms with E-state index in [4.69, 9.17) is 0 Å². The van der Waals surface area contributed by atoms with Crippen LogP contribution in [-0.4, -0.2) is 24.8 Å². The normalized spacial score (nSPS) is 11.7. The van der Waals surface area contributed by atoms with E-state index >= 15 is 0 Å². The van der Waals surface area contributed by atoms with Crippen LogP contribution >= 0.6 is 0 Å². The molecule has 1 rings (SSSR count). The van der Waals surface area contributed by atoms with Crippen LogP contribution in [-0.2, 0) is 6.54 Å². The molecule has 0 unspecified atom stereocenters. The highest BCUT2D eigenvalue weighted by Gasteiger charge is 2.29. The molecule has 1 aromatic heterocycles. The maximum absolute atomic E-state index is 11.7. The van der Waals surface area contributed by atoms with E-state index in [1.54, 1.807) is 7.05 Å². The maximum atomic E-state index is 11.7. The highest BCUT2D eigenvalue weighted by molar-refractivity contribution is 4.99. The lowest BCUT2D eigenvalue weighted by Gasteiger charge is -2.04. The van der Waals surface area contributed by atoms with Gasteiger partial charge >= 0.3 is 12.3 Å². The summed E-state index contributed by atoms with van der Waals surface area (Å²) in [6, 6.07) is 0. The summed E-state index contributed by atoms with van der Waals surface area (Å²) < 4.78 is 44.0. The monoisotopic (exact) mass is 210 g/mol. The summed E-state index contributed by atoms with van der Waals surface area (Å²) in [7, 11) is 1.69. The first-order valence-corrected chi connectivity index (χ1v) is 3.80. The minimum Gasteiger partial charge on any atom is -0.441 e. The fraction of sp³-hybridized carbons (Fsp3) is 0.571. The van der Waals surface area contributed by atoms with Crippen LogP contribution < -0.4 is 10.1 Å². The van der Waals surface area contributed by atoms with Crippen LogP contribution in [0.25, 0.3) is 0 Å². The van der Waals surface area contributed by atoms with Crippen LogP contribution in [0.15, 0.2) is 10.7 Å². The number of alkyl halides is 3. The van der Waals surface area contributed by atoms with E-state index in [0.717, 1.165) is 0 Å². The highest BCUT2D eigenvalue weighted by Crippen LogP contribution is 2.17. The minimum atomic E-state index is -4.38. The van der Waals surface area contributed by atoms with Gasteiger partial charge in [-0.1, -0.05) is 0 Å². The molecule has 0 fully saturated rings. The third-order valence-corrected chi connectivity index (χ3v) is 1.25. The zero-order chi connectivity index (χ0) is 10.6. The number of ether oxygens (including phenoxy) is 1. The SMILES string of the molecule is CNCc1coc(OCC(F)(F)F)n1. The van der Waals surface area contributed by atoms with Crippen molar-refractivity contribution in [3.63, 3.8) is 0 Å². The Bertz CT molecular complexity index is 285. The number of hydrogen-bond acceptors (Lipinski definition) is 4. The molecule has 0 aliphatic rings. The van der Waals surface area contributed by atoms with Crippen LogP contribution in [0.1, 0.15) is 5.69 Å². The molecule has 14 heavy (non-hydrogen) atoms. The van der Waals surface area contributed by atoms with Crippen LogP contribution in [0.4, 0.5) is 13.2 Å². The summed E-state index contributed by atoms with van der Waals surface area (Å²) in [4.78, 5) is 3.65. The molecule has 0 spiro atoms. The Morgan fingerprint density at radius 3 is 2.86 bits per heavy atom. The van der Waals surface area contributed by atoms with E-state index < -0.39 is 12.8 Å². The molecule has 0 saturated heterocycles. The number of nitrogens with one attached hydrogen (secondary N) is 1. The molecule has 1 N–H and O–H groups in total. The Hall–Kier alpha value is -1.24. The van der Waals surface area contributed by atoms with Crippen molar-refractivity contribution in [1.29, 1.82) is 0 Å². The second kappa shape index (κ2) is 4.32. The summed E-state index contributed by atoms with van der Waals surface area (Å²) in [5, 5.41) is 2.77. The van der Waals surface area contributed by atoms with Gasteiger partial charge in [0.05, 0.1) is 5.69 Å². The summed E-state index contributed by atoms with van der Waals surface area (Å²) in [6.07, 6.45) is -3.51. The number of rotatable bonds is 4. The van der Waals surface area contributed by atoms with E-state index in [1.165, 1.54) is 6.26 Å². The van der Waals surface area contributed by atoms with Crippen molar-refractivity contribution in [2.45, 2.75) is 12.7 Å². The molecule has 0 atom stereocenters. The summed E-state index contributed by atoms with van der Waals surface area (Å²) in [6.45, 7) is -0.981. The number of hydrogen-bond donors (Lipinski definition) is 1. The minimum absolute atomic E-state index is 0.368. The van der Waals surface area contributed by atoms with E-state index in [2.05, 4.69) is 19.5 Å². The lowest BCUT2D eigenvalue weighted by atomic mass is 10.5. The lowest BCUT2D eigenvalue weighted by molar-refractivity contribution is -0.156. The van der Waals surface area contributed by atoms with Gasteiger partial charge < -0.3 is 14.5 Å². The molecule has 0 aromatic carbocycles. The van der Waals surface area contributed by atoms with Gasteiger partial charge in [0.15, 0.2) is 6.61 Å². The molecular formula is C7H9F3N2O2. The van der Waals surface area contributed by atoms with Crippen molar-refractivity contribution in [3.8, 4) is 6.08 Å². The van der Waals surface area contributed by atoms with Gasteiger partial charge in [-0.25, -0.2) is 0 Å². The topological polar surface area (TPSA) is 47.3 Å². The second-order valence-electron chi connectivity index (χ2n) is 2.54. The zero-order valence-corrected chi connectivity index (χ0v) is 7.39. The Balaban J connectivity index is 2.44. The highest BCUT2D eigenvalue weighted by atomic mass is 19.4. The lowest BCUT2D eigenvalue weighted by Crippen LogP contribution is -2.19. The molecule has 1 aromatic rings. The van der Waals surface area contributed by atoms with E-state index in [1.807, 2.05) is 0 Å². The van der Waals surface area contributed by atoms with Gasteiger partial charge in [0.1, 0.15) is 6.26 Å². The molecule has 80 valence electrons. The van der Waals surface area contributed by atoms with Crippen LogP contribution in [0.3, 0.4) is 0 Å². The number of nitrogens with zero attached hydrogens (tertiary/aromatic N) is 1. The predicted octanol–water partition coefficient (Wildman–Crippen LogP) is 1.34. The maximum Gasteiger partial charge on any atom is 0.422 e. The Morgan fingerprint density at radius 1 is 1.57 bits per heavy atom. The molecule has 0 saturated carbocycles. The van der Waals surface area contributed by atoms with Gasteiger partial charge in [0.2, 0.25) is 0 Å². The Labute approximate surface area is 78.1 Å². The first-order valence-electron chi connectivity index (χ1n) is 3.80. The molecular weight excluding hydrogens is 201 g/mol. The zero-order valence-electron chi connectivity index (χ0n) is 7.39. The van der Waals surface area contributed by atoms with Gasteiger partial charge in [-0.2, -0.15) is 18.2 Å². The summed E-state index contributed by atoms with van der Waals surface area (Å²) >= 11 is 0. The number of oxazole rings is 1.